The zero-order valence-electron chi connectivity index (χ0n) is 18.2. The van der Waals surface area contributed by atoms with Crippen molar-refractivity contribution >= 4 is 34.0 Å². The van der Waals surface area contributed by atoms with Crippen LogP contribution in [0.3, 0.4) is 0 Å². The fourth-order valence-corrected chi connectivity index (χ4v) is 4.00. The zero-order valence-corrected chi connectivity index (χ0v) is 18.2. The molecule has 32 heavy (non-hydrogen) atoms. The highest BCUT2D eigenvalue weighted by molar-refractivity contribution is 6.22. The third kappa shape index (κ3) is 3.43. The van der Waals surface area contributed by atoms with Gasteiger partial charge >= 0.3 is 11.9 Å². The van der Waals surface area contributed by atoms with Gasteiger partial charge in [-0.05, 0) is 37.8 Å². The fraction of sp³-hybridized carbons (Fsp3) is 0.192. The van der Waals surface area contributed by atoms with Crippen molar-refractivity contribution in [3.63, 3.8) is 0 Å². The average Bonchev–Trinajstić information content (AvgIpc) is 3.15. The summed E-state index contributed by atoms with van der Waals surface area (Å²) in [6.45, 7) is 5.43. The molecule has 0 bridgehead atoms. The van der Waals surface area contributed by atoms with Crippen molar-refractivity contribution in [3.05, 3.63) is 88.7 Å². The van der Waals surface area contributed by atoms with Gasteiger partial charge in [0.05, 0.1) is 18.7 Å². The SMILES string of the molecule is CCOC(=O)c1c(C(=O)OCC)c2c3ccccc3ccn2c1C(=O)c1ccccc1C. The first-order chi connectivity index (χ1) is 15.5. The highest BCUT2D eigenvalue weighted by Crippen LogP contribution is 2.33. The summed E-state index contributed by atoms with van der Waals surface area (Å²) in [6, 6.07) is 16.5. The van der Waals surface area contributed by atoms with Gasteiger partial charge < -0.3 is 13.9 Å². The van der Waals surface area contributed by atoms with E-state index in [1.807, 2.05) is 49.4 Å². The maximum absolute atomic E-state index is 13.8. The lowest BCUT2D eigenvalue weighted by molar-refractivity contribution is 0.0480. The van der Waals surface area contributed by atoms with E-state index in [0.29, 0.717) is 11.1 Å². The number of rotatable bonds is 6. The number of aryl methyl sites for hydroxylation is 1. The molecular weight excluding hydrogens is 406 g/mol. The fourth-order valence-electron chi connectivity index (χ4n) is 4.00. The van der Waals surface area contributed by atoms with Crippen molar-refractivity contribution in [2.24, 2.45) is 0 Å². The number of hydrogen-bond donors (Lipinski definition) is 0. The first-order valence-electron chi connectivity index (χ1n) is 10.5. The molecule has 2 aromatic carbocycles. The number of carbonyl (C=O) groups is 3. The number of esters is 2. The lowest BCUT2D eigenvalue weighted by atomic mass is 9.99. The molecular formula is C26H23NO5. The van der Waals surface area contributed by atoms with E-state index in [9.17, 15) is 14.4 Å². The van der Waals surface area contributed by atoms with Crippen LogP contribution in [0.1, 0.15) is 56.2 Å². The minimum atomic E-state index is -0.736. The van der Waals surface area contributed by atoms with Gasteiger partial charge in [0.25, 0.3) is 0 Å². The van der Waals surface area contributed by atoms with Crippen LogP contribution in [0, 0.1) is 6.92 Å². The van der Waals surface area contributed by atoms with Crippen LogP contribution < -0.4 is 0 Å². The minimum absolute atomic E-state index is 0.0408. The molecule has 0 atom stereocenters. The van der Waals surface area contributed by atoms with Crippen molar-refractivity contribution in [2.45, 2.75) is 20.8 Å². The standard InChI is InChI=1S/C26H23NO5/c1-4-31-25(29)20-21(26(30)32-5-2)23(24(28)18-12-8-6-10-16(18)3)27-15-14-17-11-7-9-13-19(17)22(20)27/h6-15H,4-5H2,1-3H3. The number of ether oxygens (including phenoxy) is 2. The molecule has 0 radical (unpaired) electrons. The lowest BCUT2D eigenvalue weighted by Crippen LogP contribution is -2.17. The molecule has 6 heteroatoms. The maximum Gasteiger partial charge on any atom is 0.341 e. The second-order valence-corrected chi connectivity index (χ2v) is 7.31. The van der Waals surface area contributed by atoms with Crippen LogP contribution >= 0.6 is 0 Å². The molecule has 6 nitrogen and oxygen atoms in total. The summed E-state index contributed by atoms with van der Waals surface area (Å²) in [5, 5.41) is 1.60. The van der Waals surface area contributed by atoms with Crippen LogP contribution in [-0.2, 0) is 9.47 Å². The Bertz CT molecular complexity index is 1370. The minimum Gasteiger partial charge on any atom is -0.462 e. The van der Waals surface area contributed by atoms with Gasteiger partial charge in [-0.1, -0.05) is 48.5 Å². The Kier molecular flexibility index (Phi) is 5.77. The number of pyridine rings is 1. The Balaban J connectivity index is 2.17. The number of carbonyl (C=O) groups excluding carboxylic acids is 3. The third-order valence-electron chi connectivity index (χ3n) is 5.39. The highest BCUT2D eigenvalue weighted by Gasteiger charge is 2.34. The van der Waals surface area contributed by atoms with Gasteiger partial charge in [0.2, 0.25) is 5.78 Å². The van der Waals surface area contributed by atoms with E-state index in [1.54, 1.807) is 36.6 Å². The van der Waals surface area contributed by atoms with E-state index >= 15 is 0 Å². The van der Waals surface area contributed by atoms with E-state index in [4.69, 9.17) is 9.47 Å². The number of benzene rings is 2. The Morgan fingerprint density at radius 1 is 0.812 bits per heavy atom. The van der Waals surface area contributed by atoms with Crippen molar-refractivity contribution in [2.75, 3.05) is 13.2 Å². The number of fused-ring (bicyclic) bond motifs is 3. The summed E-state index contributed by atoms with van der Waals surface area (Å²) in [6.07, 6.45) is 1.70. The molecule has 0 amide bonds. The normalized spacial score (nSPS) is 11.0. The number of ketones is 1. The molecule has 0 saturated carbocycles. The molecule has 0 spiro atoms. The average molecular weight is 429 g/mol. The first kappa shape index (κ1) is 21.3. The second-order valence-electron chi connectivity index (χ2n) is 7.31. The predicted octanol–water partition coefficient (Wildman–Crippen LogP) is 4.99. The number of aromatic nitrogens is 1. The molecule has 0 aliphatic heterocycles. The molecule has 0 fully saturated rings. The van der Waals surface area contributed by atoms with Crippen molar-refractivity contribution in [3.8, 4) is 0 Å². The molecule has 162 valence electrons. The smallest absolute Gasteiger partial charge is 0.341 e. The van der Waals surface area contributed by atoms with Crippen molar-refractivity contribution < 1.29 is 23.9 Å². The van der Waals surface area contributed by atoms with Crippen molar-refractivity contribution in [1.29, 1.82) is 0 Å². The Hall–Kier alpha value is -3.93. The quantitative estimate of drug-likeness (QED) is 0.319. The van der Waals surface area contributed by atoms with Gasteiger partial charge in [0.1, 0.15) is 16.8 Å². The molecule has 0 N–H and O–H groups in total. The summed E-state index contributed by atoms with van der Waals surface area (Å²) in [5.74, 6) is -1.78. The summed E-state index contributed by atoms with van der Waals surface area (Å²) < 4.78 is 12.2. The Morgan fingerprint density at radius 3 is 2.12 bits per heavy atom. The van der Waals surface area contributed by atoms with Gasteiger partial charge in [-0.25, -0.2) is 9.59 Å². The van der Waals surface area contributed by atoms with Crippen LogP contribution in [0.2, 0.25) is 0 Å². The maximum atomic E-state index is 13.8. The number of hydrogen-bond acceptors (Lipinski definition) is 5. The lowest BCUT2D eigenvalue weighted by Gasteiger charge is -2.09. The Labute approximate surface area is 185 Å². The van der Waals surface area contributed by atoms with E-state index in [0.717, 1.165) is 16.3 Å². The summed E-state index contributed by atoms with van der Waals surface area (Å²) >= 11 is 0. The predicted molar refractivity (Wildman–Crippen MR) is 121 cm³/mol. The van der Waals surface area contributed by atoms with Gasteiger partial charge in [-0.3, -0.25) is 4.79 Å². The largest absolute Gasteiger partial charge is 0.462 e. The highest BCUT2D eigenvalue weighted by atomic mass is 16.5. The van der Waals surface area contributed by atoms with E-state index in [2.05, 4.69) is 0 Å². The van der Waals surface area contributed by atoms with Crippen LogP contribution in [-0.4, -0.2) is 35.3 Å². The van der Waals surface area contributed by atoms with Crippen LogP contribution in [0.5, 0.6) is 0 Å². The van der Waals surface area contributed by atoms with E-state index in [-0.39, 0.29) is 35.8 Å². The summed E-state index contributed by atoms with van der Waals surface area (Å²) in [7, 11) is 0. The molecule has 4 rings (SSSR count). The molecule has 0 unspecified atom stereocenters. The molecule has 4 aromatic rings. The van der Waals surface area contributed by atoms with Gasteiger partial charge in [-0.2, -0.15) is 0 Å². The number of nitrogens with zero attached hydrogens (tertiary/aromatic N) is 1. The summed E-state index contributed by atoms with van der Waals surface area (Å²) in [4.78, 5) is 40.0. The van der Waals surface area contributed by atoms with Gasteiger partial charge in [-0.15, -0.1) is 0 Å². The second kappa shape index (κ2) is 8.67. The molecule has 2 aromatic heterocycles. The van der Waals surface area contributed by atoms with Crippen molar-refractivity contribution in [1.82, 2.24) is 4.40 Å². The first-order valence-corrected chi connectivity index (χ1v) is 10.5. The third-order valence-corrected chi connectivity index (χ3v) is 5.39. The van der Waals surface area contributed by atoms with Crippen LogP contribution in [0.15, 0.2) is 60.8 Å². The van der Waals surface area contributed by atoms with Gasteiger partial charge in [0.15, 0.2) is 0 Å². The van der Waals surface area contributed by atoms with Gasteiger partial charge in [0, 0.05) is 17.1 Å². The summed E-state index contributed by atoms with van der Waals surface area (Å²) in [5.41, 5.74) is 1.71. The molecule has 0 saturated heterocycles. The van der Waals surface area contributed by atoms with Crippen LogP contribution in [0.25, 0.3) is 16.3 Å². The van der Waals surface area contributed by atoms with E-state index in [1.165, 1.54) is 0 Å². The molecule has 0 aliphatic carbocycles. The monoisotopic (exact) mass is 429 g/mol. The molecule has 0 aliphatic rings. The van der Waals surface area contributed by atoms with Crippen LogP contribution in [0.4, 0.5) is 0 Å². The topological polar surface area (TPSA) is 74.1 Å². The molecule has 2 heterocycles. The van der Waals surface area contributed by atoms with E-state index < -0.39 is 11.9 Å². The Morgan fingerprint density at radius 2 is 1.44 bits per heavy atom. The zero-order chi connectivity index (χ0) is 22.8.